The van der Waals surface area contributed by atoms with E-state index in [0.717, 1.165) is 64.8 Å². The first-order chi connectivity index (χ1) is 21.4. The highest BCUT2D eigenvalue weighted by atomic mass is 32.2. The SMILES string of the molecule is CCS(=O)(=O)NC1CCC2(CC1)CCN(C[C@@H]1CCN(c3ncncc3Oc3ccc(F)cc3C(=O)N(C(C)C)C(C)C)C1)C2. The van der Waals surface area contributed by atoms with Crippen LogP contribution in [0.15, 0.2) is 30.7 Å². The van der Waals surface area contributed by atoms with Crippen LogP contribution in [0.4, 0.5) is 10.2 Å². The summed E-state index contributed by atoms with van der Waals surface area (Å²) in [4.78, 5) is 28.8. The molecule has 3 heterocycles. The average molecular weight is 645 g/mol. The lowest BCUT2D eigenvalue weighted by Gasteiger charge is -2.37. The molecule has 0 unspecified atom stereocenters. The number of benzene rings is 1. The number of anilines is 1. The maximum Gasteiger partial charge on any atom is 0.258 e. The Labute approximate surface area is 267 Å². The normalized spacial score (nSPS) is 24.2. The Morgan fingerprint density at radius 3 is 2.53 bits per heavy atom. The molecule has 2 saturated heterocycles. The van der Waals surface area contributed by atoms with Crippen molar-refractivity contribution in [1.29, 1.82) is 0 Å². The molecule has 5 rings (SSSR count). The Hall–Kier alpha value is -2.83. The van der Waals surface area contributed by atoms with Crippen molar-refractivity contribution in [2.24, 2.45) is 11.3 Å². The maximum absolute atomic E-state index is 14.4. The van der Waals surface area contributed by atoms with E-state index in [0.29, 0.717) is 22.9 Å². The van der Waals surface area contributed by atoms with E-state index in [1.54, 1.807) is 18.0 Å². The summed E-state index contributed by atoms with van der Waals surface area (Å²) in [6, 6.07) is 3.98. The Balaban J connectivity index is 1.21. The Morgan fingerprint density at radius 1 is 1.11 bits per heavy atom. The topological polar surface area (TPSA) is 108 Å². The number of nitrogens with zero attached hydrogens (tertiary/aromatic N) is 5. The molecule has 3 fully saturated rings. The van der Waals surface area contributed by atoms with Gasteiger partial charge in [0.2, 0.25) is 10.0 Å². The molecule has 10 nitrogen and oxygen atoms in total. The van der Waals surface area contributed by atoms with Gasteiger partial charge in [0.25, 0.3) is 5.91 Å². The largest absolute Gasteiger partial charge is 0.451 e. The summed E-state index contributed by atoms with van der Waals surface area (Å²) in [7, 11) is -3.16. The van der Waals surface area contributed by atoms with Gasteiger partial charge in [0, 0.05) is 44.3 Å². The summed E-state index contributed by atoms with van der Waals surface area (Å²) in [6.45, 7) is 14.3. The fourth-order valence-electron chi connectivity index (χ4n) is 7.52. The predicted molar refractivity (Wildman–Crippen MR) is 174 cm³/mol. The van der Waals surface area contributed by atoms with E-state index >= 15 is 0 Å². The molecular weight excluding hydrogens is 595 g/mol. The second-order valence-corrected chi connectivity index (χ2v) is 15.8. The van der Waals surface area contributed by atoms with Crippen molar-refractivity contribution >= 4 is 21.7 Å². The van der Waals surface area contributed by atoms with Gasteiger partial charge in [0.1, 0.15) is 17.9 Å². The number of amides is 1. The van der Waals surface area contributed by atoms with E-state index in [4.69, 9.17) is 4.74 Å². The van der Waals surface area contributed by atoms with E-state index in [9.17, 15) is 17.6 Å². The summed E-state index contributed by atoms with van der Waals surface area (Å²) in [5.41, 5.74) is 0.469. The number of aromatic nitrogens is 2. The van der Waals surface area contributed by atoms with Crippen LogP contribution in [-0.2, 0) is 10.0 Å². The number of rotatable bonds is 11. The monoisotopic (exact) mass is 644 g/mol. The number of likely N-dealkylation sites (tertiary alicyclic amines) is 1. The van der Waals surface area contributed by atoms with Crippen LogP contribution in [0.25, 0.3) is 0 Å². The van der Waals surface area contributed by atoms with Gasteiger partial charge in [-0.15, -0.1) is 0 Å². The van der Waals surface area contributed by atoms with Crippen LogP contribution in [0, 0.1) is 17.2 Å². The van der Waals surface area contributed by atoms with Gasteiger partial charge in [-0.1, -0.05) is 0 Å². The Kier molecular flexibility index (Phi) is 10.3. The predicted octanol–water partition coefficient (Wildman–Crippen LogP) is 5.07. The summed E-state index contributed by atoms with van der Waals surface area (Å²) in [6.07, 6.45) is 9.28. The van der Waals surface area contributed by atoms with Crippen molar-refractivity contribution in [2.75, 3.05) is 43.4 Å². The highest BCUT2D eigenvalue weighted by Crippen LogP contribution is 2.44. The van der Waals surface area contributed by atoms with Gasteiger partial charge in [0.15, 0.2) is 11.6 Å². The zero-order valence-electron chi connectivity index (χ0n) is 27.3. The fraction of sp³-hybridized carbons (Fsp3) is 0.667. The van der Waals surface area contributed by atoms with Gasteiger partial charge < -0.3 is 19.4 Å². The minimum absolute atomic E-state index is 0.0621. The van der Waals surface area contributed by atoms with Gasteiger partial charge in [-0.05, 0) is 109 Å². The van der Waals surface area contributed by atoms with E-state index in [1.165, 1.54) is 30.9 Å². The molecule has 1 spiro atoms. The first-order valence-corrected chi connectivity index (χ1v) is 18.1. The Bertz CT molecular complexity index is 1440. The molecule has 1 aliphatic carbocycles. The van der Waals surface area contributed by atoms with Crippen LogP contribution >= 0.6 is 0 Å². The van der Waals surface area contributed by atoms with Gasteiger partial charge >= 0.3 is 0 Å². The number of ether oxygens (including phenoxy) is 1. The molecule has 12 heteroatoms. The van der Waals surface area contributed by atoms with E-state index in [2.05, 4.69) is 24.5 Å². The number of hydrogen-bond donors (Lipinski definition) is 1. The van der Waals surface area contributed by atoms with Gasteiger partial charge in [0.05, 0.1) is 17.5 Å². The fourth-order valence-corrected chi connectivity index (χ4v) is 8.43. The molecule has 1 N–H and O–H groups in total. The van der Waals surface area contributed by atoms with Crippen LogP contribution in [0.1, 0.15) is 83.5 Å². The standard InChI is InChI=1S/C33H49FN6O4S/c1-6-45(42,43)37-27-9-12-33(13-10-27)14-16-38(21-33)19-25-11-15-39(20-25)31-30(18-35-22-36-31)44-29-8-7-26(34)17-28(29)32(41)40(23(2)3)24(4)5/h7-8,17-18,22-25,27,37H,6,9-16,19-21H2,1-5H3/t25-,27?,33?/m0/s1. The van der Waals surface area contributed by atoms with Crippen molar-refractivity contribution < 1.29 is 22.3 Å². The number of sulfonamides is 1. The van der Waals surface area contributed by atoms with E-state index < -0.39 is 15.8 Å². The van der Waals surface area contributed by atoms with Gasteiger partial charge in [-0.25, -0.2) is 27.5 Å². The summed E-state index contributed by atoms with van der Waals surface area (Å²) in [5, 5.41) is 0. The third-order valence-corrected chi connectivity index (χ3v) is 11.2. The van der Waals surface area contributed by atoms with Crippen LogP contribution in [-0.4, -0.2) is 90.7 Å². The zero-order valence-corrected chi connectivity index (χ0v) is 28.2. The Morgan fingerprint density at radius 2 is 1.84 bits per heavy atom. The second kappa shape index (κ2) is 13.9. The number of nitrogens with one attached hydrogen (secondary N) is 1. The third kappa shape index (κ3) is 7.94. The molecule has 1 atom stereocenters. The van der Waals surface area contributed by atoms with Crippen molar-refractivity contribution in [1.82, 2.24) is 24.5 Å². The molecule has 1 amide bonds. The number of hydrogen-bond acceptors (Lipinski definition) is 8. The summed E-state index contributed by atoms with van der Waals surface area (Å²) in [5.74, 6) is 1.21. The maximum atomic E-state index is 14.4. The molecule has 45 heavy (non-hydrogen) atoms. The van der Waals surface area contributed by atoms with Crippen molar-refractivity contribution in [3.63, 3.8) is 0 Å². The highest BCUT2D eigenvalue weighted by Gasteiger charge is 2.42. The zero-order chi connectivity index (χ0) is 32.4. The second-order valence-electron chi connectivity index (χ2n) is 13.7. The average Bonchev–Trinajstić information content (AvgIpc) is 3.62. The third-order valence-electron chi connectivity index (χ3n) is 9.79. The van der Waals surface area contributed by atoms with Crippen molar-refractivity contribution in [2.45, 2.75) is 91.3 Å². The van der Waals surface area contributed by atoms with E-state index in [1.807, 2.05) is 27.7 Å². The molecule has 2 aliphatic heterocycles. The molecule has 1 aromatic carbocycles. The quantitative estimate of drug-likeness (QED) is 0.362. The molecular formula is C33H49FN6O4S. The summed E-state index contributed by atoms with van der Waals surface area (Å²) >= 11 is 0. The van der Waals surface area contributed by atoms with Crippen LogP contribution < -0.4 is 14.4 Å². The molecule has 1 aromatic heterocycles. The lowest BCUT2D eigenvalue weighted by molar-refractivity contribution is 0.0640. The number of carbonyl (C=O) groups excluding carboxylic acids is 1. The molecule has 1 saturated carbocycles. The van der Waals surface area contributed by atoms with Crippen molar-refractivity contribution in [3.05, 3.63) is 42.1 Å². The lowest BCUT2D eigenvalue weighted by atomic mass is 9.72. The molecule has 0 bridgehead atoms. The van der Waals surface area contributed by atoms with Crippen LogP contribution in [0.5, 0.6) is 11.5 Å². The first kappa shape index (κ1) is 33.5. The van der Waals surface area contributed by atoms with E-state index in [-0.39, 0.29) is 41.1 Å². The minimum atomic E-state index is -3.16. The first-order valence-electron chi connectivity index (χ1n) is 16.5. The molecule has 0 radical (unpaired) electrons. The van der Waals surface area contributed by atoms with Crippen LogP contribution in [0.3, 0.4) is 0 Å². The minimum Gasteiger partial charge on any atom is -0.451 e. The number of carbonyl (C=O) groups is 1. The molecule has 2 aromatic rings. The highest BCUT2D eigenvalue weighted by molar-refractivity contribution is 7.89. The summed E-state index contributed by atoms with van der Waals surface area (Å²) < 4.78 is 47.6. The molecule has 248 valence electrons. The van der Waals surface area contributed by atoms with Crippen molar-refractivity contribution in [3.8, 4) is 11.5 Å². The smallest absolute Gasteiger partial charge is 0.258 e. The van der Waals surface area contributed by atoms with Gasteiger partial charge in [-0.2, -0.15) is 0 Å². The van der Waals surface area contributed by atoms with Gasteiger partial charge in [-0.3, -0.25) is 4.79 Å². The lowest BCUT2D eigenvalue weighted by Crippen LogP contribution is -2.42. The molecule has 3 aliphatic rings. The number of halogens is 1. The van der Waals surface area contributed by atoms with Crippen LogP contribution in [0.2, 0.25) is 0 Å².